The topological polar surface area (TPSA) is 29.3 Å². The molecule has 19 heavy (non-hydrogen) atoms. The minimum atomic E-state index is 0.157. The summed E-state index contributed by atoms with van der Waals surface area (Å²) < 4.78 is 1.15. The van der Waals surface area contributed by atoms with Gasteiger partial charge in [0.25, 0.3) is 0 Å². The van der Waals surface area contributed by atoms with Crippen molar-refractivity contribution in [1.29, 1.82) is 0 Å². The van der Waals surface area contributed by atoms with Gasteiger partial charge in [0.15, 0.2) is 0 Å². The van der Waals surface area contributed by atoms with Gasteiger partial charge in [-0.2, -0.15) is 0 Å². The Balaban J connectivity index is 3.12. The monoisotopic (exact) mass is 326 g/mol. The lowest BCUT2D eigenvalue weighted by Crippen LogP contribution is -2.43. The van der Waals surface area contributed by atoms with Gasteiger partial charge in [0.1, 0.15) is 0 Å². The lowest BCUT2D eigenvalue weighted by Gasteiger charge is -2.38. The van der Waals surface area contributed by atoms with E-state index in [1.54, 1.807) is 0 Å². The molecule has 0 spiro atoms. The second-order valence-corrected chi connectivity index (χ2v) is 6.03. The van der Waals surface area contributed by atoms with Gasteiger partial charge in [-0.1, -0.05) is 54.9 Å². The van der Waals surface area contributed by atoms with Gasteiger partial charge in [-0.05, 0) is 37.9 Å². The predicted molar refractivity (Wildman–Crippen MR) is 87.3 cm³/mol. The Kier molecular flexibility index (Phi) is 7.05. The molecule has 1 rings (SSSR count). The largest absolute Gasteiger partial charge is 0.326 e. The summed E-state index contributed by atoms with van der Waals surface area (Å²) in [5.74, 6) is 0. The fourth-order valence-electron chi connectivity index (χ4n) is 2.78. The van der Waals surface area contributed by atoms with Gasteiger partial charge in [0.2, 0.25) is 0 Å². The van der Waals surface area contributed by atoms with Crippen molar-refractivity contribution >= 4 is 15.9 Å². The third kappa shape index (κ3) is 4.04. The first kappa shape index (κ1) is 16.7. The molecule has 1 aromatic carbocycles. The van der Waals surface area contributed by atoms with Crippen molar-refractivity contribution in [3.8, 4) is 0 Å². The Labute approximate surface area is 126 Å². The number of rotatable bonds is 7. The molecule has 0 bridgehead atoms. The molecular formula is C16H27BrN2. The minimum Gasteiger partial charge on any atom is -0.326 e. The summed E-state index contributed by atoms with van der Waals surface area (Å²) in [5, 5.41) is 0. The third-order valence-corrected chi connectivity index (χ3v) is 4.78. The molecular weight excluding hydrogens is 300 g/mol. The van der Waals surface area contributed by atoms with Crippen molar-refractivity contribution in [3.63, 3.8) is 0 Å². The molecule has 0 heterocycles. The third-order valence-electron chi connectivity index (χ3n) is 4.06. The molecule has 0 radical (unpaired) electrons. The maximum atomic E-state index is 6.40. The Morgan fingerprint density at radius 1 is 1.11 bits per heavy atom. The molecule has 1 aromatic rings. The Hall–Kier alpha value is -0.380. The molecule has 0 saturated heterocycles. The summed E-state index contributed by atoms with van der Waals surface area (Å²) in [5.41, 5.74) is 7.70. The van der Waals surface area contributed by atoms with E-state index in [9.17, 15) is 0 Å². The highest BCUT2D eigenvalue weighted by atomic mass is 79.9. The number of halogens is 1. The van der Waals surface area contributed by atoms with Crippen LogP contribution in [0.4, 0.5) is 0 Å². The molecule has 2 N–H and O–H groups in total. The maximum absolute atomic E-state index is 6.40. The van der Waals surface area contributed by atoms with Crippen molar-refractivity contribution in [2.24, 2.45) is 5.73 Å². The summed E-state index contributed by atoms with van der Waals surface area (Å²) in [7, 11) is 2.21. The van der Waals surface area contributed by atoms with Crippen LogP contribution in [-0.2, 0) is 0 Å². The van der Waals surface area contributed by atoms with Crippen LogP contribution in [0.2, 0.25) is 0 Å². The van der Waals surface area contributed by atoms with Gasteiger partial charge < -0.3 is 5.73 Å². The highest BCUT2D eigenvalue weighted by Gasteiger charge is 2.28. The van der Waals surface area contributed by atoms with Crippen LogP contribution in [0, 0.1) is 0 Å². The van der Waals surface area contributed by atoms with Crippen LogP contribution in [0.15, 0.2) is 28.7 Å². The molecule has 2 atom stereocenters. The van der Waals surface area contributed by atoms with Crippen LogP contribution in [-0.4, -0.2) is 24.0 Å². The molecule has 2 unspecified atom stereocenters. The van der Waals surface area contributed by atoms with E-state index < -0.39 is 0 Å². The summed E-state index contributed by atoms with van der Waals surface area (Å²) in [4.78, 5) is 2.45. The summed E-state index contributed by atoms with van der Waals surface area (Å²) >= 11 is 3.67. The van der Waals surface area contributed by atoms with Crippen LogP contribution in [0.25, 0.3) is 0 Å². The molecule has 0 fully saturated rings. The smallest absolute Gasteiger partial charge is 0.0510 e. The van der Waals surface area contributed by atoms with Crippen LogP contribution in [0.5, 0.6) is 0 Å². The lowest BCUT2D eigenvalue weighted by atomic mass is 9.94. The first-order chi connectivity index (χ1) is 9.06. The normalized spacial score (nSPS) is 14.9. The molecule has 2 nitrogen and oxygen atoms in total. The van der Waals surface area contributed by atoms with E-state index in [-0.39, 0.29) is 12.1 Å². The number of hydrogen-bond donors (Lipinski definition) is 1. The van der Waals surface area contributed by atoms with E-state index in [1.165, 1.54) is 5.56 Å². The van der Waals surface area contributed by atoms with E-state index in [2.05, 4.69) is 72.9 Å². The Morgan fingerprint density at radius 3 is 2.16 bits per heavy atom. The van der Waals surface area contributed by atoms with Crippen LogP contribution in [0.1, 0.15) is 51.6 Å². The molecule has 0 amide bonds. The van der Waals surface area contributed by atoms with Crippen molar-refractivity contribution in [2.75, 3.05) is 7.05 Å². The molecule has 3 heteroatoms. The Morgan fingerprint density at radius 2 is 1.68 bits per heavy atom. The zero-order chi connectivity index (χ0) is 14.4. The van der Waals surface area contributed by atoms with Gasteiger partial charge in [0.05, 0.1) is 6.04 Å². The second-order valence-electron chi connectivity index (χ2n) is 5.17. The molecule has 0 aromatic heterocycles. The highest BCUT2D eigenvalue weighted by Crippen LogP contribution is 2.32. The first-order valence-electron chi connectivity index (χ1n) is 7.28. The highest BCUT2D eigenvalue weighted by molar-refractivity contribution is 9.10. The van der Waals surface area contributed by atoms with Crippen LogP contribution >= 0.6 is 15.9 Å². The van der Waals surface area contributed by atoms with Crippen molar-refractivity contribution in [2.45, 2.75) is 58.2 Å². The zero-order valence-electron chi connectivity index (χ0n) is 12.6. The Bertz CT molecular complexity index is 377. The first-order valence-corrected chi connectivity index (χ1v) is 8.07. The van der Waals surface area contributed by atoms with Gasteiger partial charge >= 0.3 is 0 Å². The van der Waals surface area contributed by atoms with Crippen LogP contribution < -0.4 is 5.73 Å². The molecule has 0 saturated carbocycles. The molecule has 0 aliphatic rings. The predicted octanol–water partition coefficient (Wildman–Crippen LogP) is 4.35. The summed E-state index contributed by atoms with van der Waals surface area (Å²) in [6, 6.07) is 9.44. The van der Waals surface area contributed by atoms with Crippen molar-refractivity contribution in [3.05, 3.63) is 34.3 Å². The SMILES string of the molecule is CCC(N)C(c1ccccc1Br)N(C)C(CC)CC. The van der Waals surface area contributed by atoms with Gasteiger partial charge in [0, 0.05) is 16.6 Å². The summed E-state index contributed by atoms with van der Waals surface area (Å²) in [6.45, 7) is 6.66. The molecule has 0 aliphatic carbocycles. The number of nitrogens with two attached hydrogens (primary N) is 1. The van der Waals surface area contributed by atoms with Gasteiger partial charge in [-0.3, -0.25) is 4.90 Å². The number of likely N-dealkylation sites (N-methyl/N-ethyl adjacent to an activating group) is 1. The van der Waals surface area contributed by atoms with Crippen molar-refractivity contribution < 1.29 is 0 Å². The standard InChI is InChI=1S/C16H27BrN2/c1-5-12(6-2)19(4)16(15(18)7-3)13-10-8-9-11-14(13)17/h8-12,15-16H,5-7,18H2,1-4H3. The number of hydrogen-bond acceptors (Lipinski definition) is 2. The zero-order valence-corrected chi connectivity index (χ0v) is 14.2. The fourth-order valence-corrected chi connectivity index (χ4v) is 3.30. The second kappa shape index (κ2) is 8.03. The van der Waals surface area contributed by atoms with E-state index in [4.69, 9.17) is 5.73 Å². The molecule has 108 valence electrons. The fraction of sp³-hybridized carbons (Fsp3) is 0.625. The quantitative estimate of drug-likeness (QED) is 0.807. The number of nitrogens with zero attached hydrogens (tertiary/aromatic N) is 1. The van der Waals surface area contributed by atoms with Gasteiger partial charge in [-0.25, -0.2) is 0 Å². The minimum absolute atomic E-state index is 0.157. The van der Waals surface area contributed by atoms with Gasteiger partial charge in [-0.15, -0.1) is 0 Å². The van der Waals surface area contributed by atoms with Crippen molar-refractivity contribution in [1.82, 2.24) is 4.90 Å². The average molecular weight is 327 g/mol. The molecule has 0 aliphatic heterocycles. The van der Waals surface area contributed by atoms with Crippen LogP contribution in [0.3, 0.4) is 0 Å². The van der Waals surface area contributed by atoms with E-state index in [0.29, 0.717) is 6.04 Å². The summed E-state index contributed by atoms with van der Waals surface area (Å²) in [6.07, 6.45) is 3.30. The van der Waals surface area contributed by atoms with E-state index in [1.807, 2.05) is 0 Å². The van der Waals surface area contributed by atoms with E-state index in [0.717, 1.165) is 23.7 Å². The average Bonchev–Trinajstić information content (AvgIpc) is 2.42. The van der Waals surface area contributed by atoms with E-state index >= 15 is 0 Å². The maximum Gasteiger partial charge on any atom is 0.0510 e. The number of benzene rings is 1. The lowest BCUT2D eigenvalue weighted by molar-refractivity contribution is 0.140.